The van der Waals surface area contributed by atoms with Crippen LogP contribution in [-0.4, -0.2) is 0 Å². The van der Waals surface area contributed by atoms with E-state index in [1.165, 1.54) is 0 Å². The first kappa shape index (κ1) is 19.4. The van der Waals surface area contributed by atoms with E-state index in [2.05, 4.69) is 50.5 Å². The van der Waals surface area contributed by atoms with Crippen molar-refractivity contribution in [2.75, 3.05) is 0 Å². The maximum absolute atomic E-state index is 4.68. The average Bonchev–Trinajstić information content (AvgIpc) is 1.88. The Bertz CT molecular complexity index is 138. The largest absolute Gasteiger partial charge is 0.786 e. The second-order valence-electron chi connectivity index (χ2n) is 2.22. The van der Waals surface area contributed by atoms with E-state index in [0.29, 0.717) is 0 Å². The molecule has 0 amide bonds. The third-order valence-corrected chi connectivity index (χ3v) is 2.47. The van der Waals surface area contributed by atoms with Gasteiger partial charge in [-0.05, 0) is 0 Å². The van der Waals surface area contributed by atoms with Gasteiger partial charge in [0.25, 0.3) is 0 Å². The van der Waals surface area contributed by atoms with E-state index in [4.69, 9.17) is 0 Å². The van der Waals surface area contributed by atoms with Crippen molar-refractivity contribution >= 4 is 50.5 Å². The summed E-state index contributed by atoms with van der Waals surface area (Å²) in [5.41, 5.74) is 0. The molecule has 0 radical (unpaired) electrons. The van der Waals surface area contributed by atoms with Crippen molar-refractivity contribution in [2.45, 2.75) is 27.7 Å². The molecular weight excluding hydrogens is 283 g/mol. The molecule has 0 aromatic carbocycles. The Morgan fingerprint density at radius 3 is 0.615 bits per heavy atom. The molecule has 0 N–H and O–H groups in total. The molecule has 0 aromatic heterocycles. The van der Waals surface area contributed by atoms with Crippen molar-refractivity contribution in [1.29, 1.82) is 0 Å². The van der Waals surface area contributed by atoms with Gasteiger partial charge < -0.3 is 50.5 Å². The average molecular weight is 295 g/mol. The van der Waals surface area contributed by atoms with Gasteiger partial charge in [-0.15, -0.1) is 0 Å². The second-order valence-corrected chi connectivity index (χ2v) is 4.67. The van der Waals surface area contributed by atoms with E-state index in [1.54, 1.807) is 0 Å². The summed E-state index contributed by atoms with van der Waals surface area (Å²) in [6, 6.07) is 0. The van der Waals surface area contributed by atoms with E-state index in [0.717, 1.165) is 19.6 Å². The van der Waals surface area contributed by atoms with Crippen LogP contribution in [0.15, 0.2) is 19.6 Å². The second kappa shape index (κ2) is 10.9. The number of allylic oxidation sites excluding steroid dienone is 4. The predicted octanol–water partition coefficient (Wildman–Crippen LogP) is 2.66. The summed E-state index contributed by atoms with van der Waals surface area (Å²) in [6.07, 6.45) is 0. The van der Waals surface area contributed by atoms with Gasteiger partial charge in [0.1, 0.15) is 0 Å². The molecule has 0 spiro atoms. The van der Waals surface area contributed by atoms with Crippen LogP contribution >= 0.6 is 0 Å². The molecule has 0 aliphatic heterocycles. The van der Waals surface area contributed by atoms with E-state index < -0.39 is 0 Å². The molecule has 0 saturated heterocycles. The number of hydrogen-bond donors (Lipinski definition) is 0. The first-order chi connectivity index (χ1) is 5.29. The van der Waals surface area contributed by atoms with Gasteiger partial charge in [-0.1, -0.05) is 27.7 Å². The summed E-state index contributed by atoms with van der Waals surface area (Å²) >= 11 is 18.7. The van der Waals surface area contributed by atoms with Gasteiger partial charge in [0, 0.05) is 16.5 Å². The van der Waals surface area contributed by atoms with E-state index in [9.17, 15) is 0 Å². The summed E-state index contributed by atoms with van der Waals surface area (Å²) < 4.78 is 0. The van der Waals surface area contributed by atoms with Crippen LogP contribution in [0, 0.1) is 0 Å². The molecule has 0 nitrogen and oxygen atoms in total. The molecule has 5 heteroatoms. The Labute approximate surface area is 114 Å². The van der Waals surface area contributed by atoms with Crippen molar-refractivity contribution in [1.82, 2.24) is 0 Å². The minimum Gasteiger partial charge on any atom is -0.786 e. The fourth-order valence-corrected chi connectivity index (χ4v) is 0. The van der Waals surface area contributed by atoms with E-state index in [1.807, 2.05) is 27.7 Å². The van der Waals surface area contributed by atoms with Gasteiger partial charge >= 0.3 is 0 Å². The first-order valence-corrected chi connectivity index (χ1v) is 4.95. The molecule has 0 bridgehead atoms. The van der Waals surface area contributed by atoms with Crippen molar-refractivity contribution in [2.24, 2.45) is 0 Å². The molecule has 0 atom stereocenters. The Morgan fingerprint density at radius 2 is 0.615 bits per heavy atom. The molecule has 0 aliphatic rings. The van der Waals surface area contributed by atoms with Crippen LogP contribution in [0.4, 0.5) is 0 Å². The molecule has 0 rings (SSSR count). The molecule has 0 saturated carbocycles. The van der Waals surface area contributed by atoms with Gasteiger partial charge in [0.15, 0.2) is 0 Å². The monoisotopic (exact) mass is 294 g/mol. The summed E-state index contributed by atoms with van der Waals surface area (Å²) in [7, 11) is 0. The van der Waals surface area contributed by atoms with E-state index in [-0.39, 0.29) is 16.5 Å². The van der Waals surface area contributed by atoms with Crippen LogP contribution in [0.1, 0.15) is 27.7 Å². The fraction of sp³-hybridized carbons (Fsp3) is 0.500. The Hall–Kier alpha value is 0.854. The zero-order valence-electron chi connectivity index (χ0n) is 7.95. The fourth-order valence-electron chi connectivity index (χ4n) is 0. The third-order valence-electron chi connectivity index (χ3n) is 0.992. The summed E-state index contributed by atoms with van der Waals surface area (Å²) in [4.78, 5) is 3.30. The summed E-state index contributed by atoms with van der Waals surface area (Å²) in [5.74, 6) is 0. The van der Waals surface area contributed by atoms with Gasteiger partial charge in [-0.3, -0.25) is 0 Å². The zero-order chi connectivity index (χ0) is 10.3. The standard InChI is InChI=1S/2C4H8S2.Ni/c2*1-3(5)4(2)6;/h2*5-6H,1-2H3;/p-4. The molecule has 0 aromatic rings. The quantitative estimate of drug-likeness (QED) is 0.497. The van der Waals surface area contributed by atoms with Crippen molar-refractivity contribution in [3.05, 3.63) is 19.6 Å². The van der Waals surface area contributed by atoms with Crippen LogP contribution < -0.4 is 0 Å². The van der Waals surface area contributed by atoms with Crippen LogP contribution in [0.3, 0.4) is 0 Å². The van der Waals surface area contributed by atoms with Gasteiger partial charge in [-0.2, -0.15) is 0 Å². The molecule has 0 heterocycles. The van der Waals surface area contributed by atoms with Gasteiger partial charge in [0.2, 0.25) is 0 Å². The Morgan fingerprint density at radius 1 is 0.538 bits per heavy atom. The molecule has 13 heavy (non-hydrogen) atoms. The Balaban J connectivity index is -0.000000143. The van der Waals surface area contributed by atoms with Crippen LogP contribution in [0.5, 0.6) is 0 Å². The normalized spacial score (nSPS) is 12.6. The minimum absolute atomic E-state index is 0. The summed E-state index contributed by atoms with van der Waals surface area (Å²) in [5, 5.41) is 0. The topological polar surface area (TPSA) is 0 Å². The SMILES string of the molecule is CC([S-])=C(C)[S-].CC([S-])=C(C)[S-].[Ni]. The maximum atomic E-state index is 4.68. The van der Waals surface area contributed by atoms with Crippen molar-refractivity contribution in [3.8, 4) is 0 Å². The third kappa shape index (κ3) is 19.3. The first-order valence-electron chi connectivity index (χ1n) is 3.32. The molecule has 0 aliphatic carbocycles. The van der Waals surface area contributed by atoms with Crippen LogP contribution in [-0.2, 0) is 67.0 Å². The van der Waals surface area contributed by atoms with Crippen molar-refractivity contribution < 1.29 is 16.5 Å². The van der Waals surface area contributed by atoms with Crippen molar-refractivity contribution in [3.63, 3.8) is 0 Å². The molecule has 82 valence electrons. The van der Waals surface area contributed by atoms with Crippen LogP contribution in [0.25, 0.3) is 0 Å². The Kier molecular flexibility index (Phi) is 16.3. The molecule has 0 unspecified atom stereocenters. The molecular formula is C8H12NiS4-4. The minimum atomic E-state index is 0. The molecule has 0 fully saturated rings. The smallest absolute Gasteiger partial charge is 0 e. The van der Waals surface area contributed by atoms with Crippen LogP contribution in [0.2, 0.25) is 0 Å². The van der Waals surface area contributed by atoms with Gasteiger partial charge in [0.05, 0.1) is 0 Å². The predicted molar refractivity (Wildman–Crippen MR) is 66.2 cm³/mol. The van der Waals surface area contributed by atoms with E-state index >= 15 is 0 Å². The maximum Gasteiger partial charge on any atom is 0 e. The summed E-state index contributed by atoms with van der Waals surface area (Å²) in [6.45, 7) is 7.32. The number of rotatable bonds is 0. The van der Waals surface area contributed by atoms with Gasteiger partial charge in [-0.25, -0.2) is 19.6 Å². The number of hydrogen-bond acceptors (Lipinski definition) is 4. The zero-order valence-corrected chi connectivity index (χ0v) is 12.2.